The number of amides is 2. The number of fused-ring (bicyclic) bond motifs is 1. The maximum atomic E-state index is 12.9. The molecule has 2 amide bonds. The van der Waals surface area contributed by atoms with Crippen molar-refractivity contribution in [3.05, 3.63) is 90.0 Å². The number of aliphatic imine (C=N–C) groups is 1. The smallest absolute Gasteiger partial charge is 0.324 e. The summed E-state index contributed by atoms with van der Waals surface area (Å²) in [6.07, 6.45) is 0. The van der Waals surface area contributed by atoms with Gasteiger partial charge in [-0.3, -0.25) is 4.90 Å². The van der Waals surface area contributed by atoms with Crippen LogP contribution in [0.15, 0.2) is 83.9 Å². The number of hydrogen-bond acceptors (Lipinski definition) is 4. The number of aromatic hydroxyl groups is 1. The molecule has 1 saturated heterocycles. The molecule has 2 heterocycles. The molecule has 1 fully saturated rings. The first-order chi connectivity index (χ1) is 17.0. The van der Waals surface area contributed by atoms with Crippen LogP contribution in [-0.2, 0) is 0 Å². The zero-order chi connectivity index (χ0) is 24.4. The lowest BCUT2D eigenvalue weighted by atomic mass is 10.0. The van der Waals surface area contributed by atoms with Gasteiger partial charge in [0.25, 0.3) is 0 Å². The molecule has 5 rings (SSSR count). The molecule has 0 spiro atoms. The second-order valence-electron chi connectivity index (χ2n) is 8.87. The highest BCUT2D eigenvalue weighted by Gasteiger charge is 2.23. The van der Waals surface area contributed by atoms with Crippen molar-refractivity contribution in [2.75, 3.05) is 45.2 Å². The number of hydrogen-bond donors (Lipinski definition) is 2. The second kappa shape index (κ2) is 9.64. The summed E-state index contributed by atoms with van der Waals surface area (Å²) in [5.74, 6) is 0.0860. The highest BCUT2D eigenvalue weighted by atomic mass is 16.3. The monoisotopic (exact) mass is 467 g/mol. The average molecular weight is 468 g/mol. The van der Waals surface area contributed by atoms with Gasteiger partial charge in [-0.2, -0.15) is 0 Å². The molecule has 4 aromatic rings. The molecule has 3 aromatic carbocycles. The Labute approximate surface area is 204 Å². The number of rotatable bonds is 4. The van der Waals surface area contributed by atoms with E-state index in [1.807, 2.05) is 83.8 Å². The van der Waals surface area contributed by atoms with E-state index in [9.17, 15) is 9.90 Å². The fourth-order valence-electron chi connectivity index (χ4n) is 4.43. The number of H-pyrrole nitrogens is 1. The Hall–Kier alpha value is -4.10. The molecule has 0 aliphatic carbocycles. The summed E-state index contributed by atoms with van der Waals surface area (Å²) in [4.78, 5) is 26.7. The zero-order valence-electron chi connectivity index (χ0n) is 20.0. The van der Waals surface area contributed by atoms with E-state index in [0.717, 1.165) is 54.0 Å². The van der Waals surface area contributed by atoms with E-state index in [1.54, 1.807) is 11.9 Å². The number of aromatic nitrogens is 1. The number of para-hydroxylation sites is 1. The third kappa shape index (κ3) is 4.63. The Morgan fingerprint density at radius 3 is 2.29 bits per heavy atom. The van der Waals surface area contributed by atoms with E-state index in [2.05, 4.69) is 16.9 Å². The number of anilines is 1. The Bertz CT molecular complexity index is 1350. The fraction of sp³-hybridized carbons (Fsp3) is 0.214. The van der Waals surface area contributed by atoms with Gasteiger partial charge in [0.2, 0.25) is 0 Å². The van der Waals surface area contributed by atoms with Crippen LogP contribution in [0.3, 0.4) is 0 Å². The molecule has 7 heteroatoms. The molecule has 178 valence electrons. The van der Waals surface area contributed by atoms with E-state index in [0.29, 0.717) is 11.3 Å². The third-order valence-corrected chi connectivity index (χ3v) is 6.51. The average Bonchev–Trinajstić information content (AvgIpc) is 3.23. The van der Waals surface area contributed by atoms with Crippen molar-refractivity contribution in [1.29, 1.82) is 0 Å². The summed E-state index contributed by atoms with van der Waals surface area (Å²) < 4.78 is 0. The fourth-order valence-corrected chi connectivity index (χ4v) is 4.43. The summed E-state index contributed by atoms with van der Waals surface area (Å²) in [5, 5.41) is 11.7. The summed E-state index contributed by atoms with van der Waals surface area (Å²) in [6, 6.07) is 25.2. The lowest BCUT2D eigenvalue weighted by molar-refractivity contribution is 0.160. The Morgan fingerprint density at radius 1 is 0.914 bits per heavy atom. The summed E-state index contributed by atoms with van der Waals surface area (Å²) >= 11 is 0. The van der Waals surface area contributed by atoms with Crippen LogP contribution in [0.2, 0.25) is 0 Å². The van der Waals surface area contributed by atoms with Gasteiger partial charge in [0.05, 0.1) is 17.0 Å². The lowest BCUT2D eigenvalue weighted by Gasteiger charge is -2.35. The molecule has 35 heavy (non-hydrogen) atoms. The number of aromatic amines is 1. The molecule has 7 nitrogen and oxygen atoms in total. The lowest BCUT2D eigenvalue weighted by Crippen LogP contribution is -2.51. The Morgan fingerprint density at radius 2 is 1.57 bits per heavy atom. The van der Waals surface area contributed by atoms with Crippen molar-refractivity contribution in [3.63, 3.8) is 0 Å². The predicted octanol–water partition coefficient (Wildman–Crippen LogP) is 4.85. The van der Waals surface area contributed by atoms with Crippen LogP contribution in [0.4, 0.5) is 16.2 Å². The Kier molecular flexibility index (Phi) is 6.25. The molecule has 1 aromatic heterocycles. The van der Waals surface area contributed by atoms with E-state index >= 15 is 0 Å². The quantitative estimate of drug-likeness (QED) is 0.422. The molecule has 0 radical (unpaired) electrons. The van der Waals surface area contributed by atoms with Crippen LogP contribution in [0, 0.1) is 0 Å². The highest BCUT2D eigenvalue weighted by Crippen LogP contribution is 2.31. The molecule has 2 N–H and O–H groups in total. The third-order valence-electron chi connectivity index (χ3n) is 6.51. The van der Waals surface area contributed by atoms with Crippen molar-refractivity contribution in [2.45, 2.75) is 0 Å². The van der Waals surface area contributed by atoms with Gasteiger partial charge in [-0.25, -0.2) is 9.79 Å². The van der Waals surface area contributed by atoms with Gasteiger partial charge in [-0.1, -0.05) is 48.5 Å². The van der Waals surface area contributed by atoms with Gasteiger partial charge in [-0.05, 0) is 37.4 Å². The zero-order valence-corrected chi connectivity index (χ0v) is 20.0. The minimum Gasteiger partial charge on any atom is -0.494 e. The largest absolute Gasteiger partial charge is 0.494 e. The summed E-state index contributed by atoms with van der Waals surface area (Å²) in [5.41, 5.74) is 4.64. The minimum absolute atomic E-state index is 0.00282. The predicted molar refractivity (Wildman–Crippen MR) is 141 cm³/mol. The number of nitrogens with zero attached hydrogens (tertiary/aromatic N) is 4. The molecular weight excluding hydrogens is 438 g/mol. The van der Waals surface area contributed by atoms with Crippen LogP contribution in [-0.4, -0.2) is 71.9 Å². The number of likely N-dealkylation sites (N-methyl/N-ethyl adjacent to an activating group) is 1. The van der Waals surface area contributed by atoms with Crippen molar-refractivity contribution in [1.82, 2.24) is 14.8 Å². The van der Waals surface area contributed by atoms with E-state index in [1.165, 1.54) is 0 Å². The number of piperazine rings is 1. The Balaban J connectivity index is 1.47. The van der Waals surface area contributed by atoms with Crippen LogP contribution in [0.5, 0.6) is 5.88 Å². The number of benzene rings is 3. The number of carbonyl (C=O) groups excluding carboxylic acids is 1. The van der Waals surface area contributed by atoms with Crippen molar-refractivity contribution >= 4 is 34.0 Å². The maximum absolute atomic E-state index is 12.9. The molecule has 0 atom stereocenters. The van der Waals surface area contributed by atoms with E-state index < -0.39 is 0 Å². The van der Waals surface area contributed by atoms with Crippen LogP contribution >= 0.6 is 0 Å². The first kappa shape index (κ1) is 22.7. The van der Waals surface area contributed by atoms with Gasteiger partial charge in [0, 0.05) is 55.4 Å². The van der Waals surface area contributed by atoms with E-state index in [4.69, 9.17) is 4.99 Å². The number of urea groups is 1. The second-order valence-corrected chi connectivity index (χ2v) is 8.87. The minimum atomic E-state index is 0.00282. The van der Waals surface area contributed by atoms with E-state index in [-0.39, 0.29) is 11.9 Å². The van der Waals surface area contributed by atoms with Crippen LogP contribution < -0.4 is 4.90 Å². The van der Waals surface area contributed by atoms with Crippen molar-refractivity contribution in [3.8, 4) is 5.88 Å². The van der Waals surface area contributed by atoms with Crippen molar-refractivity contribution < 1.29 is 9.90 Å². The van der Waals surface area contributed by atoms with Gasteiger partial charge in [0.1, 0.15) is 0 Å². The molecule has 0 bridgehead atoms. The maximum Gasteiger partial charge on any atom is 0.324 e. The number of nitrogens with one attached hydrogen (secondary N) is 1. The first-order valence-corrected chi connectivity index (χ1v) is 11.8. The molecule has 0 unspecified atom stereocenters. The molecule has 1 aliphatic heterocycles. The standard InChI is InChI=1S/C28H29N5O2/c1-31-16-18-33(19-17-31)28(35)32(2)22-14-12-21(13-15-22)29-26(20-8-4-3-5-9-20)25-23-10-6-7-11-24(23)30-27(25)34/h3-15,30,34H,16-19H2,1-2H3. The number of carbonyl (C=O) groups is 1. The molecule has 1 aliphatic rings. The first-order valence-electron chi connectivity index (χ1n) is 11.8. The van der Waals surface area contributed by atoms with Gasteiger partial charge < -0.3 is 19.9 Å². The van der Waals surface area contributed by atoms with Crippen LogP contribution in [0.25, 0.3) is 10.9 Å². The summed E-state index contributed by atoms with van der Waals surface area (Å²) in [7, 11) is 3.88. The topological polar surface area (TPSA) is 75.2 Å². The van der Waals surface area contributed by atoms with Crippen molar-refractivity contribution in [2.24, 2.45) is 4.99 Å². The normalized spacial score (nSPS) is 14.9. The molecule has 0 saturated carbocycles. The van der Waals surface area contributed by atoms with Gasteiger partial charge in [-0.15, -0.1) is 0 Å². The molecular formula is C28H29N5O2. The summed E-state index contributed by atoms with van der Waals surface area (Å²) in [6.45, 7) is 3.24. The SMILES string of the molecule is CN1CCN(C(=O)N(C)c2ccc(N=C(c3ccccc3)c3c(O)[nH]c4ccccc34)cc2)CC1. The van der Waals surface area contributed by atoms with Gasteiger partial charge in [0.15, 0.2) is 5.88 Å². The highest BCUT2D eigenvalue weighted by molar-refractivity contribution is 6.21. The van der Waals surface area contributed by atoms with Crippen LogP contribution in [0.1, 0.15) is 11.1 Å². The van der Waals surface area contributed by atoms with Gasteiger partial charge >= 0.3 is 6.03 Å².